The molecule has 2 N–H and O–H groups in total. The third kappa shape index (κ3) is 7.49. The van der Waals surface area contributed by atoms with E-state index in [9.17, 15) is 10.2 Å². The summed E-state index contributed by atoms with van der Waals surface area (Å²) in [5.74, 6) is 8.91. The first-order valence-corrected chi connectivity index (χ1v) is 15.0. The van der Waals surface area contributed by atoms with E-state index in [1.807, 2.05) is 62.3 Å². The summed E-state index contributed by atoms with van der Waals surface area (Å²) in [6.45, 7) is 2.62. The van der Waals surface area contributed by atoms with Crippen LogP contribution in [0.15, 0.2) is 48.5 Å². The second kappa shape index (κ2) is 15.0. The lowest BCUT2D eigenvalue weighted by atomic mass is 9.80. The predicted octanol–water partition coefficient (Wildman–Crippen LogP) is 5.90. The van der Waals surface area contributed by atoms with E-state index in [1.54, 1.807) is 6.07 Å². The van der Waals surface area contributed by atoms with Crippen LogP contribution in [0.2, 0.25) is 0 Å². The van der Waals surface area contributed by atoms with Crippen molar-refractivity contribution >= 4 is 34.8 Å². The molecule has 0 saturated carbocycles. The molecule has 2 unspecified atom stereocenters. The van der Waals surface area contributed by atoms with Crippen molar-refractivity contribution < 1.29 is 29.2 Å². The van der Waals surface area contributed by atoms with E-state index in [0.29, 0.717) is 34.5 Å². The predicted molar refractivity (Wildman–Crippen MR) is 179 cm³/mol. The monoisotopic (exact) mass is 673 g/mol. The van der Waals surface area contributed by atoms with Gasteiger partial charge in [-0.3, -0.25) is 0 Å². The summed E-state index contributed by atoms with van der Waals surface area (Å²) < 4.78 is 19.7. The van der Waals surface area contributed by atoms with Gasteiger partial charge in [0.1, 0.15) is 0 Å². The average Bonchev–Trinajstić information content (AvgIpc) is 2.99. The fourth-order valence-electron chi connectivity index (χ4n) is 5.33. The highest BCUT2D eigenvalue weighted by Crippen LogP contribution is 2.53. The smallest absolute Gasteiger partial charge is 0.234 e. The Morgan fingerprint density at radius 1 is 0.867 bits per heavy atom. The van der Waals surface area contributed by atoms with Gasteiger partial charge in [-0.2, -0.15) is 0 Å². The summed E-state index contributed by atoms with van der Waals surface area (Å²) >= 11 is 19.2. The van der Waals surface area contributed by atoms with Crippen molar-refractivity contribution in [2.45, 2.75) is 41.5 Å². The molecule has 0 spiro atoms. The number of terminal acetylenes is 1. The fourth-order valence-corrected chi connectivity index (χ4v) is 5.78. The number of methoxy groups -OCH3 is 4. The first-order valence-electron chi connectivity index (χ1n) is 13.9. The van der Waals surface area contributed by atoms with Crippen molar-refractivity contribution in [1.29, 1.82) is 0 Å². The van der Waals surface area contributed by atoms with Crippen LogP contribution in [0.3, 0.4) is 0 Å². The number of nitrogens with zero attached hydrogens (tertiary/aromatic N) is 1. The van der Waals surface area contributed by atoms with Gasteiger partial charge < -0.3 is 34.1 Å². The summed E-state index contributed by atoms with van der Waals surface area (Å²) in [5, 5.41) is 24.1. The van der Waals surface area contributed by atoms with Crippen molar-refractivity contribution in [3.63, 3.8) is 0 Å². The number of rotatable bonds is 11. The van der Waals surface area contributed by atoms with Gasteiger partial charge in [-0.05, 0) is 43.8 Å². The van der Waals surface area contributed by atoms with Gasteiger partial charge in [0.05, 0.1) is 27.9 Å². The van der Waals surface area contributed by atoms with Crippen molar-refractivity contribution in [1.82, 2.24) is 4.90 Å². The molecule has 7 nitrogen and oxygen atoms in total. The summed E-state index contributed by atoms with van der Waals surface area (Å²) in [6.07, 6.45) is 6.07. The molecule has 0 heterocycles. The first kappa shape index (κ1) is 36.4. The Morgan fingerprint density at radius 3 is 2.07 bits per heavy atom. The summed E-state index contributed by atoms with van der Waals surface area (Å²) in [7, 11) is 9.71. The molecule has 240 valence electrons. The highest BCUT2D eigenvalue weighted by molar-refractivity contribution is 6.68. The van der Waals surface area contributed by atoms with Crippen LogP contribution in [-0.4, -0.2) is 61.4 Å². The number of hydrogen-bond acceptors (Lipinski definition) is 7. The zero-order valence-corrected chi connectivity index (χ0v) is 28.7. The first-order chi connectivity index (χ1) is 21.2. The molecule has 0 amide bonds. The lowest BCUT2D eigenvalue weighted by Gasteiger charge is -2.32. The largest absolute Gasteiger partial charge is 0.492 e. The van der Waals surface area contributed by atoms with E-state index in [1.165, 1.54) is 34.5 Å². The SMILES string of the molecule is C#CC(O)(c1cccc(CN(C)C)c1)c1c(C)cccc1CC#CC(O)(c1cc(COC)c(OC)c(OC)c1OC)C(Cl)(Cl)Cl. The van der Waals surface area contributed by atoms with E-state index in [4.69, 9.17) is 60.2 Å². The molecule has 0 aliphatic heterocycles. The van der Waals surface area contributed by atoms with E-state index in [0.717, 1.165) is 11.1 Å². The van der Waals surface area contributed by atoms with E-state index < -0.39 is 15.0 Å². The molecule has 0 saturated heterocycles. The summed E-state index contributed by atoms with van der Waals surface area (Å²) in [5.41, 5.74) is -0.190. The van der Waals surface area contributed by atoms with Gasteiger partial charge in [0.15, 0.2) is 17.1 Å². The molecule has 0 aliphatic rings. The zero-order valence-electron chi connectivity index (χ0n) is 26.4. The van der Waals surface area contributed by atoms with Crippen LogP contribution < -0.4 is 14.2 Å². The summed E-state index contributed by atoms with van der Waals surface area (Å²) in [4.78, 5) is 2.03. The van der Waals surface area contributed by atoms with Crippen molar-refractivity contribution in [3.05, 3.63) is 87.5 Å². The molecule has 0 bridgehead atoms. The number of benzene rings is 3. The van der Waals surface area contributed by atoms with Crippen LogP contribution in [-0.2, 0) is 35.5 Å². The highest BCUT2D eigenvalue weighted by atomic mass is 35.6. The number of aliphatic hydroxyl groups is 2. The Kier molecular flexibility index (Phi) is 12.1. The Morgan fingerprint density at radius 2 is 1.51 bits per heavy atom. The molecule has 10 heteroatoms. The number of alkyl halides is 3. The molecular weight excluding hydrogens is 637 g/mol. The molecule has 0 fully saturated rings. The van der Waals surface area contributed by atoms with Crippen LogP contribution in [0.4, 0.5) is 0 Å². The molecule has 3 rings (SSSR count). The minimum atomic E-state index is -2.39. The van der Waals surface area contributed by atoms with Gasteiger partial charge in [0, 0.05) is 42.3 Å². The second-order valence-corrected chi connectivity index (χ2v) is 13.0. The van der Waals surface area contributed by atoms with Gasteiger partial charge in [-0.15, -0.1) is 6.42 Å². The Balaban J connectivity index is 2.21. The molecule has 45 heavy (non-hydrogen) atoms. The third-order valence-corrected chi connectivity index (χ3v) is 8.12. The maximum Gasteiger partial charge on any atom is 0.234 e. The van der Waals surface area contributed by atoms with Crippen LogP contribution >= 0.6 is 34.8 Å². The standard InChI is InChI=1S/C35H38Cl3NO6/c1-9-33(40,27-17-11-14-24(19-27)21-39(3)4)29-23(2)13-10-15-25(29)16-12-18-34(41,35(36,37)38)28-20-26(22-42-5)30(43-6)32(45-8)31(28)44-7/h1,10-11,13-15,17,19-20,40-41H,16,21-22H2,2-8H3. The van der Waals surface area contributed by atoms with Crippen molar-refractivity contribution in [2.75, 3.05) is 42.5 Å². The van der Waals surface area contributed by atoms with E-state index in [2.05, 4.69) is 17.8 Å². The molecule has 2 atom stereocenters. The number of aryl methyl sites for hydroxylation is 1. The minimum absolute atomic E-state index is 0.0319. The topological polar surface area (TPSA) is 80.6 Å². The Labute approximate surface area is 280 Å². The number of hydrogen-bond donors (Lipinski definition) is 2. The van der Waals surface area contributed by atoms with Gasteiger partial charge in [-0.1, -0.05) is 95.0 Å². The van der Waals surface area contributed by atoms with Crippen LogP contribution in [0.1, 0.15) is 38.9 Å². The molecule has 3 aromatic carbocycles. The van der Waals surface area contributed by atoms with Gasteiger partial charge >= 0.3 is 0 Å². The lowest BCUT2D eigenvalue weighted by molar-refractivity contribution is 0.0998. The Bertz CT molecular complexity index is 1620. The fraction of sp³-hybridized carbons (Fsp3) is 0.371. The van der Waals surface area contributed by atoms with Gasteiger partial charge in [0.2, 0.25) is 15.1 Å². The lowest BCUT2D eigenvalue weighted by Crippen LogP contribution is -2.39. The number of halogens is 3. The van der Waals surface area contributed by atoms with Crippen LogP contribution in [0, 0.1) is 31.1 Å². The molecular formula is C35H38Cl3NO6. The van der Waals surface area contributed by atoms with Crippen LogP contribution in [0.25, 0.3) is 0 Å². The van der Waals surface area contributed by atoms with E-state index >= 15 is 0 Å². The third-order valence-electron chi connectivity index (χ3n) is 7.30. The molecule has 0 aromatic heterocycles. The van der Waals surface area contributed by atoms with Crippen LogP contribution in [0.5, 0.6) is 17.2 Å². The average molecular weight is 675 g/mol. The van der Waals surface area contributed by atoms with Crippen molar-refractivity contribution in [2.24, 2.45) is 0 Å². The molecule has 0 aliphatic carbocycles. The Hall–Kier alpha value is -3.11. The zero-order chi connectivity index (χ0) is 33.6. The highest BCUT2D eigenvalue weighted by Gasteiger charge is 2.50. The molecule has 3 aromatic rings. The maximum atomic E-state index is 12.0. The summed E-state index contributed by atoms with van der Waals surface area (Å²) in [6, 6.07) is 14.6. The quantitative estimate of drug-likeness (QED) is 0.194. The normalized spacial score (nSPS) is 14.0. The minimum Gasteiger partial charge on any atom is -0.492 e. The second-order valence-electron chi connectivity index (χ2n) is 10.7. The maximum absolute atomic E-state index is 12.0. The number of ether oxygens (including phenoxy) is 4. The van der Waals surface area contributed by atoms with Crippen molar-refractivity contribution in [3.8, 4) is 41.4 Å². The van der Waals surface area contributed by atoms with E-state index in [-0.39, 0.29) is 30.1 Å². The molecule has 0 radical (unpaired) electrons. The van der Waals surface area contributed by atoms with Gasteiger partial charge in [0.25, 0.3) is 0 Å². The van der Waals surface area contributed by atoms with Gasteiger partial charge in [-0.25, -0.2) is 0 Å².